The highest BCUT2D eigenvalue weighted by Gasteiger charge is 2.57. The van der Waals surface area contributed by atoms with E-state index in [1.54, 1.807) is 54.6 Å². The predicted octanol–water partition coefficient (Wildman–Crippen LogP) is 3.64. The summed E-state index contributed by atoms with van der Waals surface area (Å²) < 4.78 is 7.03. The monoisotopic (exact) mass is 533 g/mol. The number of benzene rings is 2. The molecular weight excluding hydrogens is 514 g/mol. The van der Waals surface area contributed by atoms with E-state index in [1.807, 2.05) is 0 Å². The Hall–Kier alpha value is -4.09. The van der Waals surface area contributed by atoms with Crippen molar-refractivity contribution in [3.05, 3.63) is 93.3 Å². The fraction of sp³-hybridized carbons (Fsp3) is 0.154. The van der Waals surface area contributed by atoms with Crippen LogP contribution < -0.4 is 15.1 Å². The van der Waals surface area contributed by atoms with Crippen molar-refractivity contribution < 1.29 is 23.9 Å². The molecular formula is C26H19N3O6S2. The number of fused-ring (bicyclic) bond motifs is 2. The van der Waals surface area contributed by atoms with Gasteiger partial charge in [-0.3, -0.25) is 23.7 Å². The van der Waals surface area contributed by atoms with Gasteiger partial charge in [0, 0.05) is 5.69 Å². The third-order valence-corrected chi connectivity index (χ3v) is 8.97. The Morgan fingerprint density at radius 3 is 2.43 bits per heavy atom. The van der Waals surface area contributed by atoms with Gasteiger partial charge in [0.1, 0.15) is 23.3 Å². The number of imide groups is 1. The number of rotatable bonds is 5. The number of hydrogen-bond acceptors (Lipinski definition) is 8. The highest BCUT2D eigenvalue weighted by molar-refractivity contribution is 8.00. The van der Waals surface area contributed by atoms with E-state index < -0.39 is 23.0 Å². The van der Waals surface area contributed by atoms with E-state index in [1.165, 1.54) is 27.9 Å². The van der Waals surface area contributed by atoms with E-state index >= 15 is 0 Å². The van der Waals surface area contributed by atoms with Crippen molar-refractivity contribution in [3.63, 3.8) is 0 Å². The smallest absolute Gasteiger partial charge is 0.308 e. The van der Waals surface area contributed by atoms with Crippen LogP contribution in [0.2, 0.25) is 0 Å². The molecule has 2 aliphatic rings. The molecule has 2 N–H and O–H groups in total. The van der Waals surface area contributed by atoms with Crippen LogP contribution in [0.25, 0.3) is 0 Å². The van der Waals surface area contributed by atoms with Gasteiger partial charge in [-0.05, 0) is 48.5 Å². The number of hydrogen-bond donors (Lipinski definition) is 2. The lowest BCUT2D eigenvalue weighted by molar-refractivity contribution is -0.122. The van der Waals surface area contributed by atoms with Crippen molar-refractivity contribution in [3.8, 4) is 5.75 Å². The Kier molecular flexibility index (Phi) is 5.73. The number of amides is 3. The molecule has 11 heteroatoms. The van der Waals surface area contributed by atoms with Crippen LogP contribution in [0.5, 0.6) is 5.75 Å². The molecule has 0 unspecified atom stereocenters. The van der Waals surface area contributed by atoms with Crippen molar-refractivity contribution in [1.82, 2.24) is 4.57 Å². The molecule has 0 bridgehead atoms. The van der Waals surface area contributed by atoms with Crippen molar-refractivity contribution in [2.45, 2.75) is 22.7 Å². The molecule has 0 saturated carbocycles. The number of carbonyl (C=O) groups is 3. The first-order valence-corrected chi connectivity index (χ1v) is 13.1. The topological polar surface area (TPSA) is 122 Å². The highest BCUT2D eigenvalue weighted by Crippen LogP contribution is 2.53. The summed E-state index contributed by atoms with van der Waals surface area (Å²) in [6.07, 6.45) is 1.49. The fourth-order valence-electron chi connectivity index (χ4n) is 4.75. The number of aromatic nitrogens is 1. The molecule has 37 heavy (non-hydrogen) atoms. The van der Waals surface area contributed by atoms with E-state index in [0.717, 1.165) is 23.1 Å². The molecule has 3 atom stereocenters. The van der Waals surface area contributed by atoms with Crippen LogP contribution in [-0.2, 0) is 20.9 Å². The van der Waals surface area contributed by atoms with Crippen molar-refractivity contribution >= 4 is 52.2 Å². The number of thiazole rings is 1. The Morgan fingerprint density at radius 2 is 1.73 bits per heavy atom. The summed E-state index contributed by atoms with van der Waals surface area (Å²) in [5, 5.41) is 11.9. The number of para-hydroxylation sites is 1. The molecule has 2 aliphatic heterocycles. The average molecular weight is 534 g/mol. The number of aromatic hydroxyl groups is 1. The maximum absolute atomic E-state index is 13.7. The number of nitrogens with one attached hydrogen (secondary N) is 1. The molecule has 1 saturated heterocycles. The lowest BCUT2D eigenvalue weighted by atomic mass is 9.87. The zero-order valence-electron chi connectivity index (χ0n) is 19.1. The van der Waals surface area contributed by atoms with E-state index in [0.29, 0.717) is 27.0 Å². The van der Waals surface area contributed by atoms with Crippen LogP contribution in [0.15, 0.2) is 87.2 Å². The van der Waals surface area contributed by atoms with E-state index in [4.69, 9.17) is 4.42 Å². The molecule has 0 radical (unpaired) electrons. The van der Waals surface area contributed by atoms with Gasteiger partial charge >= 0.3 is 4.87 Å². The third-order valence-electron chi connectivity index (χ3n) is 6.37. The zero-order valence-corrected chi connectivity index (χ0v) is 20.7. The van der Waals surface area contributed by atoms with Crippen LogP contribution >= 0.6 is 23.1 Å². The summed E-state index contributed by atoms with van der Waals surface area (Å²) in [6, 6.07) is 18.2. The van der Waals surface area contributed by atoms with Gasteiger partial charge in [-0.1, -0.05) is 41.3 Å². The largest absolute Gasteiger partial charge is 0.508 e. The predicted molar refractivity (Wildman–Crippen MR) is 138 cm³/mol. The minimum atomic E-state index is -0.782. The number of furan rings is 1. The van der Waals surface area contributed by atoms with Gasteiger partial charge in [0.05, 0.1) is 33.7 Å². The first-order chi connectivity index (χ1) is 17.9. The summed E-state index contributed by atoms with van der Waals surface area (Å²) in [4.78, 5) is 54.5. The third kappa shape index (κ3) is 3.96. The molecule has 6 rings (SSSR count). The molecule has 0 spiro atoms. The second-order valence-corrected chi connectivity index (χ2v) is 10.7. The molecule has 9 nitrogen and oxygen atoms in total. The average Bonchev–Trinajstić information content (AvgIpc) is 3.59. The molecule has 2 aromatic heterocycles. The summed E-state index contributed by atoms with van der Waals surface area (Å²) in [5.41, 5.74) is 0.955. The van der Waals surface area contributed by atoms with Crippen LogP contribution in [0.4, 0.5) is 11.4 Å². The minimum Gasteiger partial charge on any atom is -0.508 e. The molecule has 186 valence electrons. The second-order valence-electron chi connectivity index (χ2n) is 8.62. The van der Waals surface area contributed by atoms with Gasteiger partial charge in [-0.15, -0.1) is 0 Å². The number of phenolic OH excluding ortho intramolecular Hbond substituents is 1. The summed E-state index contributed by atoms with van der Waals surface area (Å²) in [6.45, 7) is -0.272. The van der Waals surface area contributed by atoms with E-state index in [9.17, 15) is 24.3 Å². The molecule has 3 amide bonds. The quantitative estimate of drug-likeness (QED) is 0.297. The van der Waals surface area contributed by atoms with E-state index in [-0.39, 0.29) is 29.0 Å². The Balaban J connectivity index is 1.38. The summed E-state index contributed by atoms with van der Waals surface area (Å²) in [5.74, 6) is -2.00. The molecule has 1 fully saturated rings. The van der Waals surface area contributed by atoms with Gasteiger partial charge in [0.2, 0.25) is 17.7 Å². The molecule has 2 aromatic carbocycles. The highest BCUT2D eigenvalue weighted by atomic mass is 32.2. The lowest BCUT2D eigenvalue weighted by Gasteiger charge is -2.29. The standard InChI is InChI=1S/C26H19N3O6S2/c30-16-10-8-14(9-11-16)27-18(31)13-28-25-22(37-26(28)34)19(17-7-4-12-35-17)20-21(36-25)24(33)29(23(20)32)15-5-2-1-3-6-15/h1-12,19-21,30H,13H2,(H,27,31)/t19-,20-,21+/m0/s1. The summed E-state index contributed by atoms with van der Waals surface area (Å²) in [7, 11) is 0. The Labute approximate surface area is 218 Å². The molecule has 0 aliphatic carbocycles. The maximum Gasteiger partial charge on any atom is 0.308 e. The molecule has 4 aromatic rings. The van der Waals surface area contributed by atoms with Crippen LogP contribution in [-0.4, -0.2) is 32.6 Å². The van der Waals surface area contributed by atoms with E-state index in [2.05, 4.69) is 5.32 Å². The van der Waals surface area contributed by atoms with Gasteiger partial charge in [-0.2, -0.15) is 0 Å². The lowest BCUT2D eigenvalue weighted by Crippen LogP contribution is -2.32. The van der Waals surface area contributed by atoms with Gasteiger partial charge in [0.25, 0.3) is 0 Å². The second kappa shape index (κ2) is 9.09. The zero-order chi connectivity index (χ0) is 25.7. The summed E-state index contributed by atoms with van der Waals surface area (Å²) >= 11 is 2.10. The van der Waals surface area contributed by atoms with Crippen molar-refractivity contribution in [1.29, 1.82) is 0 Å². The first kappa shape index (κ1) is 23.3. The Bertz CT molecular complexity index is 1560. The van der Waals surface area contributed by atoms with Crippen LogP contribution in [0.3, 0.4) is 0 Å². The van der Waals surface area contributed by atoms with Crippen molar-refractivity contribution in [2.75, 3.05) is 10.2 Å². The van der Waals surface area contributed by atoms with Crippen LogP contribution in [0, 0.1) is 5.92 Å². The number of carbonyl (C=O) groups excluding carboxylic acids is 3. The van der Waals surface area contributed by atoms with Crippen molar-refractivity contribution in [2.24, 2.45) is 5.92 Å². The minimum absolute atomic E-state index is 0.0661. The SMILES string of the molecule is O=C(Cn1c2c(sc1=O)[C@@H](c1ccco1)[C@@H]1C(=O)N(c3ccccc3)C(=O)[C@@H]1S2)Nc1ccc(O)cc1. The van der Waals surface area contributed by atoms with Gasteiger partial charge in [0.15, 0.2) is 0 Å². The number of phenols is 1. The number of thioether (sulfide) groups is 1. The number of anilines is 2. The number of nitrogens with zero attached hydrogens (tertiary/aromatic N) is 2. The Morgan fingerprint density at radius 1 is 0.973 bits per heavy atom. The normalized spacial score (nSPS) is 20.5. The van der Waals surface area contributed by atoms with Gasteiger partial charge in [-0.25, -0.2) is 4.90 Å². The maximum atomic E-state index is 13.7. The van der Waals surface area contributed by atoms with Crippen LogP contribution in [0.1, 0.15) is 16.6 Å². The fourth-order valence-corrected chi connectivity index (χ4v) is 7.50. The molecule has 4 heterocycles. The first-order valence-electron chi connectivity index (χ1n) is 11.4. The van der Waals surface area contributed by atoms with Gasteiger partial charge < -0.3 is 14.8 Å².